The minimum atomic E-state index is 0.733. The molecule has 108 valence electrons. The van der Waals surface area contributed by atoms with Gasteiger partial charge in [-0.15, -0.1) is 11.6 Å². The molecule has 0 unspecified atom stereocenters. The van der Waals surface area contributed by atoms with Crippen molar-refractivity contribution < 1.29 is 0 Å². The van der Waals surface area contributed by atoms with E-state index in [-0.39, 0.29) is 0 Å². The standard InChI is InChI=1S/C16H32ClN/c1-15(2)13-18(14-16(3)4)12-10-8-6-5-7-9-11-17/h10,12,15-16H,5-9,11,13-14H2,1-4H3/b12-10+. The van der Waals surface area contributed by atoms with Crippen LogP contribution in [0, 0.1) is 11.8 Å². The molecule has 0 aromatic carbocycles. The van der Waals surface area contributed by atoms with Gasteiger partial charge in [-0.3, -0.25) is 0 Å². The molecule has 0 bridgehead atoms. The smallest absolute Gasteiger partial charge is 0.0223 e. The molecule has 0 N–H and O–H groups in total. The van der Waals surface area contributed by atoms with Gasteiger partial charge in [0.1, 0.15) is 0 Å². The number of hydrogen-bond acceptors (Lipinski definition) is 1. The predicted octanol–water partition coefficient (Wildman–Crippen LogP) is 5.30. The van der Waals surface area contributed by atoms with E-state index in [1.807, 2.05) is 0 Å². The molecule has 0 heterocycles. The molecule has 0 aromatic rings. The van der Waals surface area contributed by atoms with Gasteiger partial charge in [-0.25, -0.2) is 0 Å². The summed E-state index contributed by atoms with van der Waals surface area (Å²) < 4.78 is 0. The minimum absolute atomic E-state index is 0.733. The normalized spacial score (nSPS) is 11.9. The Morgan fingerprint density at radius 3 is 1.94 bits per heavy atom. The molecule has 0 fully saturated rings. The van der Waals surface area contributed by atoms with Crippen LogP contribution in [0.25, 0.3) is 0 Å². The van der Waals surface area contributed by atoms with Crippen molar-refractivity contribution in [2.24, 2.45) is 11.8 Å². The quantitative estimate of drug-likeness (QED) is 0.365. The molecule has 1 nitrogen and oxygen atoms in total. The molecule has 0 spiro atoms. The Morgan fingerprint density at radius 1 is 0.889 bits per heavy atom. The lowest BCUT2D eigenvalue weighted by Gasteiger charge is -2.24. The average Bonchev–Trinajstić information content (AvgIpc) is 2.26. The van der Waals surface area contributed by atoms with Crippen molar-refractivity contribution in [3.63, 3.8) is 0 Å². The molecule has 18 heavy (non-hydrogen) atoms. The average molecular weight is 274 g/mol. The summed E-state index contributed by atoms with van der Waals surface area (Å²) >= 11 is 5.66. The van der Waals surface area contributed by atoms with E-state index >= 15 is 0 Å². The van der Waals surface area contributed by atoms with Crippen LogP contribution in [0.3, 0.4) is 0 Å². The van der Waals surface area contributed by atoms with Crippen LogP contribution in [-0.2, 0) is 0 Å². The van der Waals surface area contributed by atoms with Gasteiger partial charge in [0.15, 0.2) is 0 Å². The highest BCUT2D eigenvalue weighted by Crippen LogP contribution is 2.07. The van der Waals surface area contributed by atoms with E-state index in [9.17, 15) is 0 Å². The summed E-state index contributed by atoms with van der Waals surface area (Å²) in [6.07, 6.45) is 10.9. The zero-order valence-electron chi connectivity index (χ0n) is 12.8. The van der Waals surface area contributed by atoms with Crippen molar-refractivity contribution >= 4 is 11.6 Å². The summed E-state index contributed by atoms with van der Waals surface area (Å²) in [5, 5.41) is 0. The zero-order valence-corrected chi connectivity index (χ0v) is 13.5. The summed E-state index contributed by atoms with van der Waals surface area (Å²) in [5.41, 5.74) is 0. The van der Waals surface area contributed by atoms with Gasteiger partial charge in [0.05, 0.1) is 0 Å². The predicted molar refractivity (Wildman–Crippen MR) is 84.2 cm³/mol. The first-order valence-electron chi connectivity index (χ1n) is 7.53. The van der Waals surface area contributed by atoms with Gasteiger partial charge in [0.25, 0.3) is 0 Å². The third kappa shape index (κ3) is 12.3. The lowest BCUT2D eigenvalue weighted by Crippen LogP contribution is -2.26. The number of allylic oxidation sites excluding steroid dienone is 1. The molecule has 0 amide bonds. The Balaban J connectivity index is 3.77. The highest BCUT2D eigenvalue weighted by molar-refractivity contribution is 6.17. The molecule has 0 aromatic heterocycles. The highest BCUT2D eigenvalue weighted by atomic mass is 35.5. The highest BCUT2D eigenvalue weighted by Gasteiger charge is 2.04. The van der Waals surface area contributed by atoms with Crippen LogP contribution in [0.5, 0.6) is 0 Å². The summed E-state index contributed by atoms with van der Waals surface area (Å²) in [6, 6.07) is 0. The fourth-order valence-electron chi connectivity index (χ4n) is 2.07. The molecule has 0 saturated heterocycles. The van der Waals surface area contributed by atoms with Gasteiger partial charge < -0.3 is 4.90 Å². The molecule has 0 saturated carbocycles. The molecule has 2 heteroatoms. The summed E-state index contributed by atoms with van der Waals surface area (Å²) in [7, 11) is 0. The van der Waals surface area contributed by atoms with Crippen LogP contribution >= 0.6 is 11.6 Å². The second kappa shape index (κ2) is 11.9. The van der Waals surface area contributed by atoms with Crippen LogP contribution in [0.4, 0.5) is 0 Å². The van der Waals surface area contributed by atoms with Gasteiger partial charge in [-0.1, -0.05) is 46.6 Å². The minimum Gasteiger partial charge on any atom is -0.377 e. The first-order valence-corrected chi connectivity index (χ1v) is 8.06. The topological polar surface area (TPSA) is 3.24 Å². The molecule has 0 atom stereocenters. The molecular weight excluding hydrogens is 242 g/mol. The Morgan fingerprint density at radius 2 is 1.44 bits per heavy atom. The first kappa shape index (κ1) is 17.8. The number of unbranched alkanes of at least 4 members (excludes halogenated alkanes) is 4. The number of hydrogen-bond donors (Lipinski definition) is 0. The van der Waals surface area contributed by atoms with Crippen LogP contribution in [-0.4, -0.2) is 23.9 Å². The molecule has 0 radical (unpaired) electrons. The monoisotopic (exact) mass is 273 g/mol. The van der Waals surface area contributed by atoms with Crippen molar-refractivity contribution in [2.45, 2.75) is 59.8 Å². The fourth-order valence-corrected chi connectivity index (χ4v) is 2.26. The van der Waals surface area contributed by atoms with E-state index in [1.165, 1.54) is 38.8 Å². The third-order valence-corrected chi connectivity index (χ3v) is 3.04. The fraction of sp³-hybridized carbons (Fsp3) is 0.875. The summed E-state index contributed by atoms with van der Waals surface area (Å²) in [4.78, 5) is 2.47. The first-order chi connectivity index (χ1) is 8.56. The summed E-state index contributed by atoms with van der Waals surface area (Å²) in [6.45, 7) is 11.5. The molecule has 0 aliphatic heterocycles. The lowest BCUT2D eigenvalue weighted by atomic mass is 10.1. The Bertz CT molecular complexity index is 189. The van der Waals surface area contributed by atoms with E-state index in [0.717, 1.165) is 24.1 Å². The Kier molecular flexibility index (Phi) is 11.8. The largest absolute Gasteiger partial charge is 0.377 e. The van der Waals surface area contributed by atoms with Crippen molar-refractivity contribution in [1.82, 2.24) is 4.90 Å². The van der Waals surface area contributed by atoms with Crippen molar-refractivity contribution in [3.05, 3.63) is 12.3 Å². The molecule has 0 aliphatic rings. The second-order valence-electron chi connectivity index (χ2n) is 6.02. The van der Waals surface area contributed by atoms with Crippen molar-refractivity contribution in [1.29, 1.82) is 0 Å². The Labute approximate surface area is 120 Å². The van der Waals surface area contributed by atoms with Gasteiger partial charge in [-0.05, 0) is 37.3 Å². The SMILES string of the molecule is CC(C)CN(/C=C/CCCCCCCl)CC(C)C. The van der Waals surface area contributed by atoms with Gasteiger partial charge in [0.2, 0.25) is 0 Å². The van der Waals surface area contributed by atoms with Crippen LogP contribution < -0.4 is 0 Å². The summed E-state index contributed by atoms with van der Waals surface area (Å²) in [5.74, 6) is 2.28. The van der Waals surface area contributed by atoms with E-state index in [2.05, 4.69) is 44.9 Å². The van der Waals surface area contributed by atoms with Crippen LogP contribution in [0.1, 0.15) is 59.8 Å². The maximum absolute atomic E-state index is 5.66. The van der Waals surface area contributed by atoms with Gasteiger partial charge in [-0.2, -0.15) is 0 Å². The zero-order chi connectivity index (χ0) is 13.8. The van der Waals surface area contributed by atoms with E-state index < -0.39 is 0 Å². The molecular formula is C16H32ClN. The molecule has 0 aliphatic carbocycles. The van der Waals surface area contributed by atoms with Crippen LogP contribution in [0.15, 0.2) is 12.3 Å². The van der Waals surface area contributed by atoms with E-state index in [0.29, 0.717) is 0 Å². The second-order valence-corrected chi connectivity index (χ2v) is 6.40. The lowest BCUT2D eigenvalue weighted by molar-refractivity contribution is 0.296. The maximum atomic E-state index is 5.66. The molecule has 0 rings (SSSR count). The Hall–Kier alpha value is -0.170. The van der Waals surface area contributed by atoms with E-state index in [1.54, 1.807) is 0 Å². The third-order valence-electron chi connectivity index (χ3n) is 2.77. The number of halogens is 1. The number of alkyl halides is 1. The number of rotatable bonds is 11. The number of nitrogens with zero attached hydrogens (tertiary/aromatic N) is 1. The van der Waals surface area contributed by atoms with Gasteiger partial charge >= 0.3 is 0 Å². The van der Waals surface area contributed by atoms with E-state index in [4.69, 9.17) is 11.6 Å². The van der Waals surface area contributed by atoms with Crippen molar-refractivity contribution in [3.8, 4) is 0 Å². The van der Waals surface area contributed by atoms with Gasteiger partial charge in [0, 0.05) is 19.0 Å². The van der Waals surface area contributed by atoms with Crippen LogP contribution in [0.2, 0.25) is 0 Å². The van der Waals surface area contributed by atoms with Crippen molar-refractivity contribution in [2.75, 3.05) is 19.0 Å². The maximum Gasteiger partial charge on any atom is 0.0223 e.